The van der Waals surface area contributed by atoms with Crippen molar-refractivity contribution >= 4 is 63.7 Å². The zero-order valence-corrected chi connectivity index (χ0v) is 27.6. The average Bonchev–Trinajstić information content (AvgIpc) is 2.93. The lowest BCUT2D eigenvalue weighted by atomic mass is 9.68. The quantitative estimate of drug-likeness (QED) is 0.158. The van der Waals surface area contributed by atoms with E-state index in [0.29, 0.717) is 39.2 Å². The van der Waals surface area contributed by atoms with Crippen LogP contribution in [0.1, 0.15) is 54.9 Å². The number of aryl methyl sites for hydroxylation is 2. The highest BCUT2D eigenvalue weighted by molar-refractivity contribution is 7.98. The summed E-state index contributed by atoms with van der Waals surface area (Å²) in [6.07, 6.45) is 0.762. The average molecular weight is 668 g/mol. The lowest BCUT2D eigenvalue weighted by Gasteiger charge is -2.44. The summed E-state index contributed by atoms with van der Waals surface area (Å²) in [6, 6.07) is 16.1. The standard InChI is InChI=1S/C33H29Cl3N4O3S/c1-17-9-18(2)22(10-19(17)16-44-29-11-20(34)5-7-25(29)36)30-23(15-37)32(38)39(21-6-8-24(35)26(12-21)40(42)43)27-13-33(3,4)14-28(41)31(27)30/h5-12,30H,13-14,16,38H2,1-4H3. The van der Waals surface area contributed by atoms with Crippen LogP contribution in [-0.2, 0) is 10.5 Å². The van der Waals surface area contributed by atoms with E-state index in [2.05, 4.69) is 12.1 Å². The van der Waals surface area contributed by atoms with Crippen molar-refractivity contribution in [1.82, 2.24) is 0 Å². The van der Waals surface area contributed by atoms with Crippen LogP contribution in [0.3, 0.4) is 0 Å². The predicted molar refractivity (Wildman–Crippen MR) is 177 cm³/mol. The van der Waals surface area contributed by atoms with Gasteiger partial charge in [-0.2, -0.15) is 5.26 Å². The third-order valence-corrected chi connectivity index (χ3v) is 10.2. The van der Waals surface area contributed by atoms with Crippen LogP contribution in [0.4, 0.5) is 11.4 Å². The molecular formula is C33H29Cl3N4O3S. The van der Waals surface area contributed by atoms with E-state index in [-0.39, 0.29) is 34.3 Å². The Morgan fingerprint density at radius 3 is 2.45 bits per heavy atom. The number of anilines is 1. The van der Waals surface area contributed by atoms with Crippen LogP contribution in [0.15, 0.2) is 76.1 Å². The number of halogens is 3. The third kappa shape index (κ3) is 5.94. The van der Waals surface area contributed by atoms with E-state index in [4.69, 9.17) is 40.5 Å². The summed E-state index contributed by atoms with van der Waals surface area (Å²) in [5.41, 5.74) is 11.6. The van der Waals surface area contributed by atoms with Gasteiger partial charge in [0.2, 0.25) is 0 Å². The van der Waals surface area contributed by atoms with Crippen LogP contribution < -0.4 is 10.6 Å². The number of nitro groups is 1. The van der Waals surface area contributed by atoms with Crippen molar-refractivity contribution in [2.24, 2.45) is 11.1 Å². The van der Waals surface area contributed by atoms with Gasteiger partial charge in [-0.05, 0) is 78.3 Å². The fraction of sp³-hybridized carbons (Fsp3) is 0.273. The fourth-order valence-corrected chi connectivity index (χ4v) is 7.76. The highest BCUT2D eigenvalue weighted by Gasteiger charge is 2.45. The van der Waals surface area contributed by atoms with Gasteiger partial charge in [0, 0.05) is 39.4 Å². The molecule has 3 aromatic carbocycles. The molecule has 7 nitrogen and oxygen atoms in total. The number of nitrogens with two attached hydrogens (primary N) is 1. The molecular weight excluding hydrogens is 639 g/mol. The molecule has 0 amide bonds. The first-order chi connectivity index (χ1) is 20.7. The molecule has 0 saturated heterocycles. The maximum atomic E-state index is 14.0. The Hall–Kier alpha value is -3.48. The Morgan fingerprint density at radius 1 is 1.07 bits per heavy atom. The van der Waals surface area contributed by atoms with Gasteiger partial charge in [0.15, 0.2) is 5.78 Å². The van der Waals surface area contributed by atoms with Gasteiger partial charge in [-0.25, -0.2) is 0 Å². The molecule has 0 radical (unpaired) electrons. The number of carbonyl (C=O) groups is 1. The molecule has 1 aliphatic heterocycles. The molecule has 0 bridgehead atoms. The minimum absolute atomic E-state index is 0.0225. The predicted octanol–water partition coefficient (Wildman–Crippen LogP) is 9.41. The zero-order chi connectivity index (χ0) is 32.1. The maximum absolute atomic E-state index is 14.0. The number of carbonyl (C=O) groups excluding carboxylic acids is 1. The number of ketones is 1. The van der Waals surface area contributed by atoms with E-state index in [1.807, 2.05) is 39.8 Å². The molecule has 0 saturated carbocycles. The Bertz CT molecular complexity index is 1840. The lowest BCUT2D eigenvalue weighted by Crippen LogP contribution is -2.42. The number of benzene rings is 3. The Kier molecular flexibility index (Phi) is 8.80. The number of allylic oxidation sites excluding steroid dienone is 3. The summed E-state index contributed by atoms with van der Waals surface area (Å²) < 4.78 is 0. The number of nitro benzene ring substituents is 1. The zero-order valence-electron chi connectivity index (χ0n) is 24.5. The smallest absolute Gasteiger partial charge is 0.289 e. The van der Waals surface area contributed by atoms with Crippen molar-refractivity contribution < 1.29 is 9.72 Å². The molecule has 0 aromatic heterocycles. The summed E-state index contributed by atoms with van der Waals surface area (Å²) in [5, 5.41) is 23.4. The molecule has 1 aliphatic carbocycles. The van der Waals surface area contributed by atoms with E-state index >= 15 is 0 Å². The monoisotopic (exact) mass is 666 g/mol. The van der Waals surface area contributed by atoms with Crippen LogP contribution in [0.5, 0.6) is 0 Å². The summed E-state index contributed by atoms with van der Waals surface area (Å²) in [5.74, 6) is -0.0757. The molecule has 0 fully saturated rings. The van der Waals surface area contributed by atoms with Gasteiger partial charge in [-0.3, -0.25) is 19.8 Å². The summed E-state index contributed by atoms with van der Waals surface area (Å²) in [6.45, 7) is 7.99. The maximum Gasteiger partial charge on any atom is 0.289 e. The highest BCUT2D eigenvalue weighted by atomic mass is 35.5. The molecule has 226 valence electrons. The normalized spacial score (nSPS) is 17.9. The van der Waals surface area contributed by atoms with Crippen LogP contribution >= 0.6 is 46.6 Å². The van der Waals surface area contributed by atoms with Gasteiger partial charge in [0.1, 0.15) is 10.8 Å². The largest absolute Gasteiger partial charge is 0.384 e. The van der Waals surface area contributed by atoms with E-state index in [0.717, 1.165) is 27.1 Å². The minimum atomic E-state index is -0.698. The van der Waals surface area contributed by atoms with Crippen LogP contribution in [-0.4, -0.2) is 10.7 Å². The van der Waals surface area contributed by atoms with Crippen molar-refractivity contribution in [3.63, 3.8) is 0 Å². The van der Waals surface area contributed by atoms with Gasteiger partial charge in [0.05, 0.1) is 33.2 Å². The summed E-state index contributed by atoms with van der Waals surface area (Å²) in [7, 11) is 0. The molecule has 1 heterocycles. The molecule has 2 N–H and O–H groups in total. The first-order valence-corrected chi connectivity index (χ1v) is 15.9. The Morgan fingerprint density at radius 2 is 1.77 bits per heavy atom. The first-order valence-electron chi connectivity index (χ1n) is 13.8. The van der Waals surface area contributed by atoms with Gasteiger partial charge in [-0.1, -0.05) is 60.8 Å². The minimum Gasteiger partial charge on any atom is -0.384 e. The van der Waals surface area contributed by atoms with Gasteiger partial charge in [0.25, 0.3) is 5.69 Å². The molecule has 0 spiro atoms. The number of Topliss-reactive ketones (excluding diaryl/α,β-unsaturated/α-hetero) is 1. The van der Waals surface area contributed by atoms with Gasteiger partial charge >= 0.3 is 0 Å². The number of nitriles is 1. The second kappa shape index (κ2) is 12.1. The molecule has 3 aromatic rings. The van der Waals surface area contributed by atoms with Gasteiger partial charge in [-0.15, -0.1) is 11.8 Å². The van der Waals surface area contributed by atoms with E-state index in [1.165, 1.54) is 12.1 Å². The van der Waals surface area contributed by atoms with Crippen molar-refractivity contribution in [2.45, 2.75) is 57.1 Å². The van der Waals surface area contributed by atoms with Crippen LogP contribution in [0, 0.1) is 40.7 Å². The third-order valence-electron chi connectivity index (χ3n) is 8.08. The molecule has 1 unspecified atom stereocenters. The Balaban J connectivity index is 1.68. The number of hydrogen-bond acceptors (Lipinski definition) is 7. The number of nitrogens with zero attached hydrogens (tertiary/aromatic N) is 3. The van der Waals surface area contributed by atoms with Gasteiger partial charge < -0.3 is 5.73 Å². The van der Waals surface area contributed by atoms with Crippen LogP contribution in [0.2, 0.25) is 15.1 Å². The Labute approximate surface area is 275 Å². The number of hydrogen-bond donors (Lipinski definition) is 1. The molecule has 44 heavy (non-hydrogen) atoms. The molecule has 11 heteroatoms. The summed E-state index contributed by atoms with van der Waals surface area (Å²) >= 11 is 20.3. The highest BCUT2D eigenvalue weighted by Crippen LogP contribution is 2.51. The van der Waals surface area contributed by atoms with Crippen LogP contribution in [0.25, 0.3) is 0 Å². The van der Waals surface area contributed by atoms with Crippen molar-refractivity contribution in [3.05, 3.63) is 119 Å². The lowest BCUT2D eigenvalue weighted by molar-refractivity contribution is -0.384. The number of rotatable bonds is 6. The van der Waals surface area contributed by atoms with Crippen molar-refractivity contribution in [3.8, 4) is 6.07 Å². The second-order valence-electron chi connectivity index (χ2n) is 11.9. The SMILES string of the molecule is Cc1cc(C)c(C2C(C#N)=C(N)N(c3ccc(Cl)c([N+](=O)[O-])c3)C3=C2C(=O)CC(C)(C)C3)cc1CSc1cc(Cl)ccc1Cl. The molecule has 5 rings (SSSR count). The van der Waals surface area contributed by atoms with Crippen molar-refractivity contribution in [1.29, 1.82) is 5.26 Å². The van der Waals surface area contributed by atoms with E-state index < -0.39 is 16.3 Å². The molecule has 1 atom stereocenters. The fourth-order valence-electron chi connectivity index (χ4n) is 6.02. The van der Waals surface area contributed by atoms with E-state index in [1.54, 1.807) is 34.9 Å². The number of thioether (sulfide) groups is 1. The topological polar surface area (TPSA) is 113 Å². The first kappa shape index (κ1) is 31.9. The second-order valence-corrected chi connectivity index (χ2v) is 14.1. The molecule has 2 aliphatic rings. The summed E-state index contributed by atoms with van der Waals surface area (Å²) in [4.78, 5) is 27.7. The van der Waals surface area contributed by atoms with Crippen molar-refractivity contribution in [2.75, 3.05) is 4.90 Å². The van der Waals surface area contributed by atoms with E-state index in [9.17, 15) is 20.2 Å².